The Hall–Kier alpha value is -2.89. The first-order valence-electron chi connectivity index (χ1n) is 9.79. The number of hydrogen-bond acceptors (Lipinski definition) is 4. The predicted octanol–water partition coefficient (Wildman–Crippen LogP) is 3.27. The Labute approximate surface area is 164 Å². The number of aromatic nitrogens is 1. The number of benzene rings is 1. The lowest BCUT2D eigenvalue weighted by atomic mass is 9.73. The molecule has 4 rings (SSSR count). The summed E-state index contributed by atoms with van der Waals surface area (Å²) in [4.78, 5) is 30.9. The second-order valence-corrected chi connectivity index (χ2v) is 7.60. The van der Waals surface area contributed by atoms with E-state index in [0.717, 1.165) is 18.4 Å². The molecule has 1 N–H and O–H groups in total. The molecule has 0 bridgehead atoms. The number of carboxylic acid groups (broad SMARTS) is 1. The van der Waals surface area contributed by atoms with Gasteiger partial charge in [0.25, 0.3) is 5.91 Å². The summed E-state index contributed by atoms with van der Waals surface area (Å²) in [5, 5.41) is 9.90. The van der Waals surface area contributed by atoms with E-state index in [0.29, 0.717) is 37.4 Å². The summed E-state index contributed by atoms with van der Waals surface area (Å²) < 4.78 is 5.79. The third kappa shape index (κ3) is 3.46. The van der Waals surface area contributed by atoms with E-state index in [1.807, 2.05) is 30.3 Å². The highest BCUT2D eigenvalue weighted by Crippen LogP contribution is 2.36. The van der Waals surface area contributed by atoms with Crippen molar-refractivity contribution in [2.75, 3.05) is 13.1 Å². The van der Waals surface area contributed by atoms with Gasteiger partial charge in [0.05, 0.1) is 5.41 Å². The maximum Gasteiger partial charge on any atom is 0.314 e. The highest BCUT2D eigenvalue weighted by atomic mass is 16.5. The van der Waals surface area contributed by atoms with Crippen molar-refractivity contribution in [2.24, 2.45) is 0 Å². The Morgan fingerprint density at radius 3 is 2.43 bits per heavy atom. The van der Waals surface area contributed by atoms with Crippen LogP contribution >= 0.6 is 0 Å². The molecule has 0 unspecified atom stereocenters. The second kappa shape index (κ2) is 7.62. The van der Waals surface area contributed by atoms with Gasteiger partial charge >= 0.3 is 5.97 Å². The first-order chi connectivity index (χ1) is 13.6. The van der Waals surface area contributed by atoms with Crippen molar-refractivity contribution in [1.82, 2.24) is 9.88 Å². The van der Waals surface area contributed by atoms with Crippen LogP contribution in [0.1, 0.15) is 48.0 Å². The van der Waals surface area contributed by atoms with Gasteiger partial charge in [-0.3, -0.25) is 9.59 Å². The SMILES string of the molecule is O=C(c1ccnc(OC2CCC2)c1)N1CCC(C(=O)O)(c2ccccc2)CC1. The molecule has 1 aromatic carbocycles. The Balaban J connectivity index is 1.46. The zero-order valence-electron chi connectivity index (χ0n) is 15.7. The van der Waals surface area contributed by atoms with Gasteiger partial charge in [0.15, 0.2) is 0 Å². The molecule has 0 atom stereocenters. The fourth-order valence-electron chi connectivity index (χ4n) is 3.92. The van der Waals surface area contributed by atoms with Gasteiger partial charge in [0.1, 0.15) is 6.10 Å². The molecule has 1 saturated carbocycles. The van der Waals surface area contributed by atoms with Crippen LogP contribution < -0.4 is 4.74 Å². The number of rotatable bonds is 5. The molecular formula is C22H24N2O4. The zero-order valence-corrected chi connectivity index (χ0v) is 15.7. The second-order valence-electron chi connectivity index (χ2n) is 7.60. The number of aliphatic carboxylic acids is 1. The van der Waals surface area contributed by atoms with Gasteiger partial charge in [-0.2, -0.15) is 0 Å². The van der Waals surface area contributed by atoms with Crippen LogP contribution in [-0.2, 0) is 10.2 Å². The smallest absolute Gasteiger partial charge is 0.314 e. The summed E-state index contributed by atoms with van der Waals surface area (Å²) in [6.07, 6.45) is 5.82. The maximum atomic E-state index is 12.9. The van der Waals surface area contributed by atoms with Gasteiger partial charge in [0.2, 0.25) is 5.88 Å². The summed E-state index contributed by atoms with van der Waals surface area (Å²) in [7, 11) is 0. The van der Waals surface area contributed by atoms with E-state index >= 15 is 0 Å². The first-order valence-corrected chi connectivity index (χ1v) is 9.79. The largest absolute Gasteiger partial charge is 0.481 e. The van der Waals surface area contributed by atoms with Crippen LogP contribution in [0.2, 0.25) is 0 Å². The Morgan fingerprint density at radius 2 is 1.82 bits per heavy atom. The average molecular weight is 380 g/mol. The van der Waals surface area contributed by atoms with Crippen molar-refractivity contribution in [3.63, 3.8) is 0 Å². The third-order valence-corrected chi connectivity index (χ3v) is 5.96. The minimum absolute atomic E-state index is 0.104. The monoisotopic (exact) mass is 380 g/mol. The number of ether oxygens (including phenoxy) is 1. The molecule has 1 aromatic heterocycles. The van der Waals surface area contributed by atoms with Crippen molar-refractivity contribution < 1.29 is 19.4 Å². The quantitative estimate of drug-likeness (QED) is 0.861. The summed E-state index contributed by atoms with van der Waals surface area (Å²) in [5.74, 6) is -0.449. The minimum Gasteiger partial charge on any atom is -0.481 e. The third-order valence-electron chi connectivity index (χ3n) is 5.96. The van der Waals surface area contributed by atoms with Crippen LogP contribution in [0.15, 0.2) is 48.7 Å². The van der Waals surface area contributed by atoms with Crippen LogP contribution in [0, 0.1) is 0 Å². The van der Waals surface area contributed by atoms with Gasteiger partial charge in [-0.15, -0.1) is 0 Å². The molecule has 1 amide bonds. The van der Waals surface area contributed by atoms with Gasteiger partial charge in [-0.25, -0.2) is 4.98 Å². The van der Waals surface area contributed by atoms with E-state index < -0.39 is 11.4 Å². The summed E-state index contributed by atoms with van der Waals surface area (Å²) in [6, 6.07) is 12.7. The Morgan fingerprint density at radius 1 is 1.11 bits per heavy atom. The topological polar surface area (TPSA) is 79.7 Å². The van der Waals surface area contributed by atoms with E-state index in [9.17, 15) is 14.7 Å². The number of carboxylic acids is 1. The van der Waals surface area contributed by atoms with E-state index in [2.05, 4.69) is 4.98 Å². The number of amides is 1. The summed E-state index contributed by atoms with van der Waals surface area (Å²) >= 11 is 0. The number of hydrogen-bond donors (Lipinski definition) is 1. The average Bonchev–Trinajstić information content (AvgIpc) is 2.71. The lowest BCUT2D eigenvalue weighted by Gasteiger charge is -2.39. The molecule has 1 aliphatic heterocycles. The molecule has 6 heteroatoms. The maximum absolute atomic E-state index is 12.9. The fourth-order valence-corrected chi connectivity index (χ4v) is 3.92. The highest BCUT2D eigenvalue weighted by molar-refractivity contribution is 5.94. The number of pyridine rings is 1. The van der Waals surface area contributed by atoms with Crippen LogP contribution in [0.4, 0.5) is 0 Å². The Kier molecular flexibility index (Phi) is 5.03. The molecule has 6 nitrogen and oxygen atoms in total. The number of piperidine rings is 1. The molecular weight excluding hydrogens is 356 g/mol. The number of carbonyl (C=O) groups is 2. The van der Waals surface area contributed by atoms with Crippen molar-refractivity contribution in [3.8, 4) is 5.88 Å². The highest BCUT2D eigenvalue weighted by Gasteiger charge is 2.43. The zero-order chi connectivity index (χ0) is 19.6. The molecule has 146 valence electrons. The molecule has 1 aliphatic carbocycles. The van der Waals surface area contributed by atoms with Gasteiger partial charge in [-0.1, -0.05) is 30.3 Å². The molecule has 1 saturated heterocycles. The molecule has 2 aliphatic rings. The molecule has 0 spiro atoms. The number of nitrogens with zero attached hydrogens (tertiary/aromatic N) is 2. The van der Waals surface area contributed by atoms with E-state index in [4.69, 9.17) is 4.74 Å². The van der Waals surface area contributed by atoms with E-state index in [1.54, 1.807) is 23.2 Å². The molecule has 2 heterocycles. The van der Waals surface area contributed by atoms with Crippen LogP contribution in [-0.4, -0.2) is 46.1 Å². The van der Waals surface area contributed by atoms with E-state index in [1.165, 1.54) is 6.42 Å². The van der Waals surface area contributed by atoms with Crippen molar-refractivity contribution in [2.45, 2.75) is 43.6 Å². The standard InChI is InChI=1S/C22H24N2O4/c25-20(16-9-12-23-19(15-16)28-18-7-4-8-18)24-13-10-22(11-14-24,21(26)27)17-5-2-1-3-6-17/h1-3,5-6,9,12,15,18H,4,7-8,10-11,13-14H2,(H,26,27). The van der Waals surface area contributed by atoms with Gasteiger partial charge in [0, 0.05) is 30.9 Å². The Bertz CT molecular complexity index is 856. The fraction of sp³-hybridized carbons (Fsp3) is 0.409. The summed E-state index contributed by atoms with van der Waals surface area (Å²) in [5.41, 5.74) is 0.399. The van der Waals surface area contributed by atoms with Crippen LogP contribution in [0.5, 0.6) is 5.88 Å². The van der Waals surface area contributed by atoms with E-state index in [-0.39, 0.29) is 12.0 Å². The minimum atomic E-state index is -0.936. The number of carbonyl (C=O) groups excluding carboxylic acids is 1. The van der Waals surface area contributed by atoms with Crippen LogP contribution in [0.3, 0.4) is 0 Å². The molecule has 28 heavy (non-hydrogen) atoms. The first kappa shape index (κ1) is 18.5. The van der Waals surface area contributed by atoms with Crippen molar-refractivity contribution in [1.29, 1.82) is 0 Å². The molecule has 0 radical (unpaired) electrons. The predicted molar refractivity (Wildman–Crippen MR) is 103 cm³/mol. The number of likely N-dealkylation sites (tertiary alicyclic amines) is 1. The van der Waals surface area contributed by atoms with Gasteiger partial charge in [-0.05, 0) is 43.7 Å². The normalized spacial score (nSPS) is 18.9. The molecule has 2 fully saturated rings. The van der Waals surface area contributed by atoms with Crippen molar-refractivity contribution in [3.05, 3.63) is 59.8 Å². The van der Waals surface area contributed by atoms with Gasteiger partial charge < -0.3 is 14.7 Å². The molecule has 2 aromatic rings. The summed E-state index contributed by atoms with van der Waals surface area (Å²) in [6.45, 7) is 0.808. The lowest BCUT2D eigenvalue weighted by molar-refractivity contribution is -0.145. The lowest BCUT2D eigenvalue weighted by Crippen LogP contribution is -2.49. The van der Waals surface area contributed by atoms with Crippen LogP contribution in [0.25, 0.3) is 0 Å². The van der Waals surface area contributed by atoms with Crippen molar-refractivity contribution >= 4 is 11.9 Å².